The smallest absolute Gasteiger partial charge is 0.164 e. The molecule has 8 aromatic carbocycles. The number of aromatic nitrogens is 4. The summed E-state index contributed by atoms with van der Waals surface area (Å²) in [5, 5.41) is 2.56. The molecule has 4 nitrogen and oxygen atoms in total. The lowest BCUT2D eigenvalue weighted by molar-refractivity contribution is 0.748. The van der Waals surface area contributed by atoms with Crippen LogP contribution < -0.4 is 0 Å². The van der Waals surface area contributed by atoms with Crippen LogP contribution in [0, 0.1) is 0 Å². The maximum atomic E-state index is 5.28. The molecule has 13 rings (SSSR count). The molecule has 1 aliphatic heterocycles. The van der Waals surface area contributed by atoms with Gasteiger partial charge in [0.2, 0.25) is 0 Å². The summed E-state index contributed by atoms with van der Waals surface area (Å²) >= 11 is 0. The quantitative estimate of drug-likeness (QED) is 0.174. The highest BCUT2D eigenvalue weighted by molar-refractivity contribution is 6.13. The van der Waals surface area contributed by atoms with Crippen molar-refractivity contribution in [2.24, 2.45) is 0 Å². The van der Waals surface area contributed by atoms with Gasteiger partial charge in [0, 0.05) is 27.5 Å². The molecule has 1 atom stereocenters. The summed E-state index contributed by atoms with van der Waals surface area (Å²) < 4.78 is 2.50. The lowest BCUT2D eigenvalue weighted by atomic mass is 9.65. The third-order valence-corrected chi connectivity index (χ3v) is 13.3. The lowest BCUT2D eigenvalue weighted by Gasteiger charge is -2.39. The fraction of sp³-hybridized carbons (Fsp3) is 0.0517. The van der Waals surface area contributed by atoms with Gasteiger partial charge in [-0.1, -0.05) is 188 Å². The van der Waals surface area contributed by atoms with Crippen LogP contribution in [0.2, 0.25) is 0 Å². The molecule has 3 heterocycles. The molecule has 0 saturated heterocycles. The van der Waals surface area contributed by atoms with E-state index in [4.69, 9.17) is 15.0 Å². The zero-order valence-corrected chi connectivity index (χ0v) is 33.8. The average Bonchev–Trinajstić information content (AvgIpc) is 3.85. The number of rotatable bonds is 5. The topological polar surface area (TPSA) is 43.6 Å². The molecule has 0 radical (unpaired) electrons. The van der Waals surface area contributed by atoms with Crippen molar-refractivity contribution in [1.29, 1.82) is 0 Å². The minimum Gasteiger partial charge on any atom is -0.309 e. The molecule has 1 spiro atoms. The Morgan fingerprint density at radius 3 is 1.90 bits per heavy atom. The Morgan fingerprint density at radius 2 is 1.03 bits per heavy atom. The highest BCUT2D eigenvalue weighted by Gasteiger charge is 2.51. The SMILES string of the molecule is C1=CC(c2ccccc2-c2nc(-c3ccccc3)nc(-c3cccc(-c4cccc5c4-c4ccccc4C54c5ccccc5-n5c6ccccc6c6cccc4c65)c3)n2)=CCC1. The number of hydrogen-bond donors (Lipinski definition) is 0. The number of hydrogen-bond acceptors (Lipinski definition) is 3. The van der Waals surface area contributed by atoms with Gasteiger partial charge in [0.25, 0.3) is 0 Å². The molecule has 0 saturated carbocycles. The first-order chi connectivity index (χ1) is 30.8. The zero-order valence-electron chi connectivity index (χ0n) is 33.8. The largest absolute Gasteiger partial charge is 0.309 e. The molecule has 290 valence electrons. The molecule has 1 unspecified atom stereocenters. The fourth-order valence-corrected chi connectivity index (χ4v) is 10.8. The second-order valence-electron chi connectivity index (χ2n) is 16.5. The number of fused-ring (bicyclic) bond motifs is 12. The molecule has 62 heavy (non-hydrogen) atoms. The summed E-state index contributed by atoms with van der Waals surface area (Å²) in [6, 6.07) is 68.3. The molecular weight excluding hydrogens is 753 g/mol. The molecule has 3 aliphatic rings. The Morgan fingerprint density at radius 1 is 0.419 bits per heavy atom. The first-order valence-corrected chi connectivity index (χ1v) is 21.5. The molecule has 2 aromatic heterocycles. The summed E-state index contributed by atoms with van der Waals surface area (Å²) in [4.78, 5) is 15.6. The van der Waals surface area contributed by atoms with E-state index >= 15 is 0 Å². The summed E-state index contributed by atoms with van der Waals surface area (Å²) in [5.74, 6) is 1.95. The predicted octanol–water partition coefficient (Wildman–Crippen LogP) is 14.0. The molecular formula is C58H38N4. The van der Waals surface area contributed by atoms with Gasteiger partial charge in [-0.15, -0.1) is 0 Å². The van der Waals surface area contributed by atoms with E-state index in [2.05, 4.69) is 193 Å². The van der Waals surface area contributed by atoms with Gasteiger partial charge in [-0.3, -0.25) is 0 Å². The van der Waals surface area contributed by atoms with Crippen molar-refractivity contribution < 1.29 is 0 Å². The maximum absolute atomic E-state index is 5.28. The van der Waals surface area contributed by atoms with E-state index in [0.717, 1.165) is 40.7 Å². The number of benzene rings is 8. The van der Waals surface area contributed by atoms with Crippen LogP contribution >= 0.6 is 0 Å². The van der Waals surface area contributed by atoms with Gasteiger partial charge in [-0.05, 0) is 86.7 Å². The van der Waals surface area contributed by atoms with E-state index in [1.807, 2.05) is 18.2 Å². The van der Waals surface area contributed by atoms with Crippen molar-refractivity contribution in [2.75, 3.05) is 0 Å². The van der Waals surface area contributed by atoms with Crippen LogP contribution in [0.4, 0.5) is 0 Å². The molecule has 0 bridgehead atoms. The van der Waals surface area contributed by atoms with Gasteiger partial charge in [0.1, 0.15) is 0 Å². The summed E-state index contributed by atoms with van der Waals surface area (Å²) in [6.45, 7) is 0. The van der Waals surface area contributed by atoms with E-state index in [-0.39, 0.29) is 0 Å². The normalized spacial score (nSPS) is 15.7. The standard InChI is InChI=1S/C58H38N4/c1-3-18-37(19-4-1)41-24-7-8-26-45(41)57-60-55(38-20-5-2-6-21-38)59-56(61-57)40-23-15-22-39(36-40)42-28-16-32-49-53(42)46-27-9-11-30-47(46)58(49)48-31-12-14-35-52(48)62-51-34-13-10-25-43(51)44-29-17-33-50(58)54(44)62/h2-3,5-36H,1,4H2. The third-order valence-electron chi connectivity index (χ3n) is 13.3. The first kappa shape index (κ1) is 34.9. The van der Waals surface area contributed by atoms with E-state index in [1.165, 1.54) is 72.0 Å². The zero-order chi connectivity index (χ0) is 40.8. The van der Waals surface area contributed by atoms with Gasteiger partial charge in [-0.2, -0.15) is 0 Å². The maximum Gasteiger partial charge on any atom is 0.164 e. The summed E-state index contributed by atoms with van der Waals surface area (Å²) in [5.41, 5.74) is 18.5. The highest BCUT2D eigenvalue weighted by atomic mass is 15.0. The Labute approximate surface area is 359 Å². The van der Waals surface area contributed by atoms with Crippen LogP contribution in [0.1, 0.15) is 40.7 Å². The number of nitrogens with zero attached hydrogens (tertiary/aromatic N) is 4. The van der Waals surface area contributed by atoms with Crippen LogP contribution in [0.5, 0.6) is 0 Å². The Kier molecular flexibility index (Phi) is 7.61. The molecule has 10 aromatic rings. The third kappa shape index (κ3) is 4.92. The van der Waals surface area contributed by atoms with Gasteiger partial charge >= 0.3 is 0 Å². The average molecular weight is 791 g/mol. The van der Waals surface area contributed by atoms with Crippen molar-refractivity contribution in [3.63, 3.8) is 0 Å². The monoisotopic (exact) mass is 790 g/mol. The van der Waals surface area contributed by atoms with E-state index in [0.29, 0.717) is 17.5 Å². The second-order valence-corrected chi connectivity index (χ2v) is 16.5. The van der Waals surface area contributed by atoms with Crippen LogP contribution in [0.15, 0.2) is 206 Å². The van der Waals surface area contributed by atoms with Crippen LogP contribution in [0.3, 0.4) is 0 Å². The van der Waals surface area contributed by atoms with Crippen molar-refractivity contribution in [3.05, 3.63) is 234 Å². The van der Waals surface area contributed by atoms with Gasteiger partial charge in [0.15, 0.2) is 17.5 Å². The Bertz CT molecular complexity index is 3540. The van der Waals surface area contributed by atoms with Crippen molar-refractivity contribution in [3.8, 4) is 62.1 Å². The van der Waals surface area contributed by atoms with Crippen molar-refractivity contribution in [2.45, 2.75) is 18.3 Å². The van der Waals surface area contributed by atoms with Crippen LogP contribution in [-0.4, -0.2) is 19.5 Å². The lowest BCUT2D eigenvalue weighted by Crippen LogP contribution is -2.33. The first-order valence-electron chi connectivity index (χ1n) is 21.5. The minimum atomic E-state index is -0.524. The number of para-hydroxylation sites is 3. The summed E-state index contributed by atoms with van der Waals surface area (Å²) in [6.07, 6.45) is 8.86. The van der Waals surface area contributed by atoms with E-state index < -0.39 is 5.41 Å². The molecule has 2 aliphatic carbocycles. The highest BCUT2D eigenvalue weighted by Crippen LogP contribution is 2.62. The molecule has 4 heteroatoms. The molecule has 0 amide bonds. The van der Waals surface area contributed by atoms with Gasteiger partial charge < -0.3 is 4.57 Å². The van der Waals surface area contributed by atoms with Crippen molar-refractivity contribution in [1.82, 2.24) is 19.5 Å². The van der Waals surface area contributed by atoms with E-state index in [9.17, 15) is 0 Å². The van der Waals surface area contributed by atoms with Gasteiger partial charge in [0.05, 0.1) is 22.1 Å². The minimum absolute atomic E-state index is 0.524. The van der Waals surface area contributed by atoms with Crippen molar-refractivity contribution >= 4 is 27.4 Å². The molecule has 0 N–H and O–H groups in total. The Hall–Kier alpha value is -7.95. The van der Waals surface area contributed by atoms with E-state index in [1.54, 1.807) is 0 Å². The molecule has 0 fully saturated rings. The van der Waals surface area contributed by atoms with Crippen LogP contribution in [-0.2, 0) is 5.41 Å². The number of allylic oxidation sites excluding steroid dienone is 4. The van der Waals surface area contributed by atoms with Crippen LogP contribution in [0.25, 0.3) is 89.5 Å². The Balaban J connectivity index is 1.03. The summed E-state index contributed by atoms with van der Waals surface area (Å²) in [7, 11) is 0. The predicted molar refractivity (Wildman–Crippen MR) is 253 cm³/mol. The second kappa shape index (κ2) is 13.5. The fourth-order valence-electron chi connectivity index (χ4n) is 10.8. The van der Waals surface area contributed by atoms with Gasteiger partial charge in [-0.25, -0.2) is 15.0 Å².